The Labute approximate surface area is 133 Å². The van der Waals surface area contributed by atoms with Crippen molar-refractivity contribution < 1.29 is 19.7 Å². The minimum atomic E-state index is -0.222. The van der Waals surface area contributed by atoms with Gasteiger partial charge in [0.25, 0.3) is 0 Å². The second kappa shape index (κ2) is 11.5. The average molecular weight is 298 g/mol. The molecule has 2 N–H and O–H groups in total. The van der Waals surface area contributed by atoms with E-state index in [9.17, 15) is 0 Å². The molecule has 0 heterocycles. The van der Waals surface area contributed by atoms with Gasteiger partial charge in [0.1, 0.15) is 0 Å². The number of ether oxygens (including phenoxy) is 2. The Morgan fingerprint density at radius 3 is 1.57 bits per heavy atom. The average Bonchev–Trinajstić information content (AvgIpc) is 2.35. The molecule has 2 unspecified atom stereocenters. The fourth-order valence-electron chi connectivity index (χ4n) is 1.22. The Morgan fingerprint density at radius 2 is 1.38 bits per heavy atom. The Morgan fingerprint density at radius 1 is 0.857 bits per heavy atom. The molecule has 4 nitrogen and oxygen atoms in total. The normalized spacial score (nSPS) is 15.0. The molecule has 0 amide bonds. The standard InChI is InChI=1S/C8H17BO2.C7H15BO2/c1-8(2,3)11-6-7(4-9)5-10;1-7(2,3)10-6(4-8)5-9/h7,10H,4-6H2,1-3H3;6,9H,4-5H2,1-3H3. The highest BCUT2D eigenvalue weighted by Gasteiger charge is 2.15. The van der Waals surface area contributed by atoms with Gasteiger partial charge in [-0.25, -0.2) is 0 Å². The molecule has 21 heavy (non-hydrogen) atoms. The van der Waals surface area contributed by atoms with Crippen LogP contribution in [0, 0.1) is 5.92 Å². The van der Waals surface area contributed by atoms with Gasteiger partial charge in [-0.2, -0.15) is 0 Å². The summed E-state index contributed by atoms with van der Waals surface area (Å²) in [6.45, 7) is 12.4. The van der Waals surface area contributed by atoms with Crippen LogP contribution < -0.4 is 0 Å². The first-order valence-electron chi connectivity index (χ1n) is 7.42. The third-order valence-corrected chi connectivity index (χ3v) is 2.33. The molecular formula is C15H32B2O4. The SMILES string of the molecule is [B]CC(CO)COC(C)(C)C.[B]CC(CO)OC(C)(C)C. The summed E-state index contributed by atoms with van der Waals surface area (Å²) < 4.78 is 10.8. The zero-order valence-corrected chi connectivity index (χ0v) is 14.6. The third-order valence-electron chi connectivity index (χ3n) is 2.33. The van der Waals surface area contributed by atoms with Gasteiger partial charge < -0.3 is 19.7 Å². The number of hydrogen-bond acceptors (Lipinski definition) is 4. The van der Waals surface area contributed by atoms with E-state index < -0.39 is 0 Å². The maximum Gasteiger partial charge on any atom is 0.0736 e. The highest BCUT2D eigenvalue weighted by molar-refractivity contribution is 6.09. The highest BCUT2D eigenvalue weighted by atomic mass is 16.5. The number of aliphatic hydroxyl groups excluding tert-OH is 2. The molecule has 122 valence electrons. The largest absolute Gasteiger partial charge is 0.396 e. The lowest BCUT2D eigenvalue weighted by molar-refractivity contribution is -0.0706. The van der Waals surface area contributed by atoms with Crippen molar-refractivity contribution >= 4 is 15.7 Å². The van der Waals surface area contributed by atoms with E-state index in [4.69, 9.17) is 35.4 Å². The van der Waals surface area contributed by atoms with Crippen molar-refractivity contribution in [3.8, 4) is 0 Å². The van der Waals surface area contributed by atoms with Crippen molar-refractivity contribution in [1.29, 1.82) is 0 Å². The summed E-state index contributed by atoms with van der Waals surface area (Å²) in [5.74, 6) is 0.0780. The zero-order chi connectivity index (χ0) is 17.1. The van der Waals surface area contributed by atoms with E-state index in [-0.39, 0.29) is 36.4 Å². The molecule has 2 atom stereocenters. The predicted molar refractivity (Wildman–Crippen MR) is 89.1 cm³/mol. The van der Waals surface area contributed by atoms with Gasteiger partial charge in [-0.1, -0.05) is 12.6 Å². The monoisotopic (exact) mass is 298 g/mol. The lowest BCUT2D eigenvalue weighted by Gasteiger charge is -2.25. The van der Waals surface area contributed by atoms with E-state index in [1.165, 1.54) is 0 Å². The Balaban J connectivity index is 0. The van der Waals surface area contributed by atoms with Gasteiger partial charge in [0.15, 0.2) is 0 Å². The van der Waals surface area contributed by atoms with E-state index >= 15 is 0 Å². The summed E-state index contributed by atoms with van der Waals surface area (Å²) in [6.07, 6.45) is 0.625. The fraction of sp³-hybridized carbons (Fsp3) is 1.00. The molecule has 0 aromatic carbocycles. The summed E-state index contributed by atoms with van der Waals surface area (Å²) in [6, 6.07) is 0. The van der Waals surface area contributed by atoms with E-state index in [0.717, 1.165) is 0 Å². The molecule has 6 heteroatoms. The van der Waals surface area contributed by atoms with Crippen molar-refractivity contribution in [2.45, 2.75) is 71.5 Å². The molecular weight excluding hydrogens is 266 g/mol. The maximum absolute atomic E-state index is 8.76. The van der Waals surface area contributed by atoms with Gasteiger partial charge in [-0.05, 0) is 47.5 Å². The lowest BCUT2D eigenvalue weighted by Crippen LogP contribution is -2.29. The van der Waals surface area contributed by atoms with Crippen molar-refractivity contribution in [2.24, 2.45) is 5.92 Å². The van der Waals surface area contributed by atoms with Crippen LogP contribution in [0.1, 0.15) is 41.5 Å². The number of aliphatic hydroxyl groups is 2. The third kappa shape index (κ3) is 17.9. The highest BCUT2D eigenvalue weighted by Crippen LogP contribution is 2.12. The molecule has 0 aliphatic heterocycles. The first kappa shape index (κ1) is 23.2. The van der Waals surface area contributed by atoms with E-state index in [2.05, 4.69) is 0 Å². The molecule has 0 aliphatic carbocycles. The van der Waals surface area contributed by atoms with Crippen LogP contribution in [-0.4, -0.2) is 63.0 Å². The van der Waals surface area contributed by atoms with E-state index in [1.807, 2.05) is 41.5 Å². The molecule has 0 aliphatic rings. The van der Waals surface area contributed by atoms with Crippen molar-refractivity contribution in [3.05, 3.63) is 0 Å². The van der Waals surface area contributed by atoms with Gasteiger partial charge in [0.05, 0.1) is 46.2 Å². The van der Waals surface area contributed by atoms with Gasteiger partial charge in [-0.3, -0.25) is 0 Å². The van der Waals surface area contributed by atoms with Gasteiger partial charge >= 0.3 is 0 Å². The van der Waals surface area contributed by atoms with Crippen LogP contribution in [0.25, 0.3) is 0 Å². The Kier molecular flexibility index (Phi) is 12.8. The van der Waals surface area contributed by atoms with E-state index in [0.29, 0.717) is 19.2 Å². The van der Waals surface area contributed by atoms with Crippen molar-refractivity contribution in [3.63, 3.8) is 0 Å². The molecule has 0 spiro atoms. The molecule has 4 radical (unpaired) electrons. The summed E-state index contributed by atoms with van der Waals surface area (Å²) in [4.78, 5) is 0. The van der Waals surface area contributed by atoms with Crippen LogP contribution in [0.5, 0.6) is 0 Å². The topological polar surface area (TPSA) is 58.9 Å². The maximum atomic E-state index is 8.76. The van der Waals surface area contributed by atoms with Crippen LogP contribution in [0.15, 0.2) is 0 Å². The van der Waals surface area contributed by atoms with Crippen molar-refractivity contribution in [2.75, 3.05) is 19.8 Å². The van der Waals surface area contributed by atoms with Crippen LogP contribution in [0.3, 0.4) is 0 Å². The Bertz CT molecular complexity index is 229. The lowest BCUT2D eigenvalue weighted by atomic mass is 9.92. The second-order valence-electron chi connectivity index (χ2n) is 6.98. The molecule has 0 saturated heterocycles. The van der Waals surface area contributed by atoms with Crippen LogP contribution >= 0.6 is 0 Å². The molecule has 0 aromatic rings. The summed E-state index contributed by atoms with van der Waals surface area (Å²) >= 11 is 0. The number of hydrogen-bond donors (Lipinski definition) is 2. The van der Waals surface area contributed by atoms with Crippen LogP contribution in [-0.2, 0) is 9.47 Å². The van der Waals surface area contributed by atoms with Crippen LogP contribution in [0.4, 0.5) is 0 Å². The number of rotatable bonds is 7. The molecule has 0 fully saturated rings. The minimum absolute atomic E-state index is 0.00618. The summed E-state index contributed by atoms with van der Waals surface area (Å²) in [7, 11) is 10.7. The smallest absolute Gasteiger partial charge is 0.0736 e. The van der Waals surface area contributed by atoms with Gasteiger partial charge in [0, 0.05) is 6.61 Å². The zero-order valence-electron chi connectivity index (χ0n) is 14.6. The second-order valence-corrected chi connectivity index (χ2v) is 6.98. The quantitative estimate of drug-likeness (QED) is 0.703. The molecule has 0 rings (SSSR count). The molecule has 0 saturated carbocycles. The van der Waals surface area contributed by atoms with Crippen molar-refractivity contribution in [1.82, 2.24) is 0 Å². The van der Waals surface area contributed by atoms with Gasteiger partial charge in [-0.15, -0.1) is 0 Å². The minimum Gasteiger partial charge on any atom is -0.396 e. The molecule has 0 aromatic heterocycles. The summed E-state index contributed by atoms with van der Waals surface area (Å²) in [5.41, 5.74) is -0.352. The van der Waals surface area contributed by atoms with E-state index in [1.54, 1.807) is 0 Å². The first-order chi connectivity index (χ1) is 9.49. The first-order valence-corrected chi connectivity index (χ1v) is 7.42. The molecule has 0 bridgehead atoms. The predicted octanol–water partition coefficient (Wildman–Crippen LogP) is 1.75. The van der Waals surface area contributed by atoms with Gasteiger partial charge in [0.2, 0.25) is 0 Å². The fourth-order valence-corrected chi connectivity index (χ4v) is 1.22. The Hall–Kier alpha value is -0.0301. The summed E-state index contributed by atoms with van der Waals surface area (Å²) in [5, 5.41) is 17.4. The van der Waals surface area contributed by atoms with Crippen LogP contribution in [0.2, 0.25) is 12.6 Å².